The van der Waals surface area contributed by atoms with Crippen LogP contribution >= 0.6 is 22.6 Å². The molecule has 0 aromatic heterocycles. The number of methoxy groups -OCH3 is 1. The molecule has 0 bridgehead atoms. The lowest BCUT2D eigenvalue weighted by molar-refractivity contribution is -0.139. The molecule has 0 saturated carbocycles. The molecular weight excluding hydrogens is 613 g/mol. The van der Waals surface area contributed by atoms with Crippen LogP contribution in [0.5, 0.6) is 11.5 Å². The SMILES string of the molecule is CCOc1cc(C2C3=C(CC(C)(C)CC3=O)N(CCOC)C3=C2C(=O)CC(C)(C)C3)cc(I)c1OCC(=O)O. The number of carboxylic acid groups (broad SMARTS) is 1. The maximum absolute atomic E-state index is 13.9. The first-order valence-electron chi connectivity index (χ1n) is 13.4. The summed E-state index contributed by atoms with van der Waals surface area (Å²) in [7, 11) is 1.66. The number of ketones is 2. The molecule has 3 aliphatic rings. The van der Waals surface area contributed by atoms with Gasteiger partial charge < -0.3 is 24.2 Å². The zero-order valence-electron chi connectivity index (χ0n) is 23.6. The Bertz CT molecular complexity index is 1210. The number of ether oxygens (including phenoxy) is 3. The molecule has 1 heterocycles. The number of rotatable bonds is 9. The van der Waals surface area contributed by atoms with Crippen molar-refractivity contribution in [2.24, 2.45) is 10.8 Å². The molecule has 0 fully saturated rings. The number of carboxylic acids is 1. The first kappa shape index (κ1) is 29.6. The average Bonchev–Trinajstić information content (AvgIpc) is 2.80. The number of Topliss-reactive ketones (excluding diaryl/α,β-unsaturated/α-hetero) is 2. The van der Waals surface area contributed by atoms with Gasteiger partial charge in [0.15, 0.2) is 29.7 Å². The summed E-state index contributed by atoms with van der Waals surface area (Å²) in [4.78, 5) is 41.2. The highest BCUT2D eigenvalue weighted by Gasteiger charge is 2.49. The van der Waals surface area contributed by atoms with Gasteiger partial charge in [0, 0.05) is 55.0 Å². The van der Waals surface area contributed by atoms with Crippen LogP contribution in [0.2, 0.25) is 0 Å². The lowest BCUT2D eigenvalue weighted by Crippen LogP contribution is -2.45. The summed E-state index contributed by atoms with van der Waals surface area (Å²) >= 11 is 2.11. The maximum atomic E-state index is 13.9. The van der Waals surface area contributed by atoms with Crippen molar-refractivity contribution in [2.75, 3.05) is 33.5 Å². The van der Waals surface area contributed by atoms with E-state index >= 15 is 0 Å². The van der Waals surface area contributed by atoms with Crippen LogP contribution in [0.25, 0.3) is 0 Å². The first-order valence-corrected chi connectivity index (χ1v) is 14.5. The summed E-state index contributed by atoms with van der Waals surface area (Å²) in [6.07, 6.45) is 2.24. The van der Waals surface area contributed by atoms with E-state index in [1.165, 1.54) is 0 Å². The van der Waals surface area contributed by atoms with Crippen molar-refractivity contribution in [1.82, 2.24) is 4.90 Å². The van der Waals surface area contributed by atoms with Crippen LogP contribution in [0.1, 0.15) is 71.8 Å². The number of hydrogen-bond acceptors (Lipinski definition) is 7. The molecule has 1 aromatic carbocycles. The van der Waals surface area contributed by atoms with Gasteiger partial charge >= 0.3 is 5.97 Å². The summed E-state index contributed by atoms with van der Waals surface area (Å²) in [6, 6.07) is 3.71. The lowest BCUT2D eigenvalue weighted by atomic mass is 9.63. The van der Waals surface area contributed by atoms with E-state index in [1.54, 1.807) is 7.11 Å². The maximum Gasteiger partial charge on any atom is 0.341 e. The molecule has 0 saturated heterocycles. The summed E-state index contributed by atoms with van der Waals surface area (Å²) in [6.45, 7) is 11.2. The van der Waals surface area contributed by atoms with Gasteiger partial charge in [0.05, 0.1) is 16.8 Å². The third-order valence-corrected chi connectivity index (χ3v) is 8.35. The molecule has 2 aliphatic carbocycles. The Hall–Kier alpha value is -2.40. The highest BCUT2D eigenvalue weighted by molar-refractivity contribution is 14.1. The number of carbonyl (C=O) groups excluding carboxylic acids is 2. The van der Waals surface area contributed by atoms with Crippen LogP contribution in [-0.2, 0) is 19.1 Å². The van der Waals surface area contributed by atoms with Gasteiger partial charge in [-0.05, 0) is 70.9 Å². The number of hydrogen-bond donors (Lipinski definition) is 1. The molecule has 39 heavy (non-hydrogen) atoms. The highest BCUT2D eigenvalue weighted by atomic mass is 127. The fourth-order valence-corrected chi connectivity index (χ4v) is 6.91. The Balaban J connectivity index is 1.97. The quantitative estimate of drug-likeness (QED) is 0.350. The summed E-state index contributed by atoms with van der Waals surface area (Å²) < 4.78 is 17.6. The average molecular weight is 652 g/mol. The fourth-order valence-electron chi connectivity index (χ4n) is 6.13. The van der Waals surface area contributed by atoms with E-state index in [-0.39, 0.29) is 22.4 Å². The molecule has 8 nitrogen and oxygen atoms in total. The van der Waals surface area contributed by atoms with Crippen LogP contribution < -0.4 is 9.47 Å². The molecular formula is C30H38INO7. The standard InChI is InChI=1S/C30H38INO7/c1-7-38-23-11-17(10-18(31)28(23)39-16-24(35)36)25-26-19(12-29(2,3)14-21(26)33)32(8-9-37-6)20-13-30(4,5)15-22(34)27(20)25/h10-11,25H,7-9,12-16H2,1-6H3,(H,35,36). The molecule has 4 rings (SSSR count). The summed E-state index contributed by atoms with van der Waals surface area (Å²) in [5.41, 5.74) is 3.65. The third-order valence-electron chi connectivity index (χ3n) is 7.55. The first-order chi connectivity index (χ1) is 18.3. The Kier molecular flexibility index (Phi) is 8.52. The molecule has 0 unspecified atom stereocenters. The molecule has 0 radical (unpaired) electrons. The minimum absolute atomic E-state index is 0.0528. The molecule has 9 heteroatoms. The second-order valence-corrected chi connectivity index (χ2v) is 13.3. The van der Waals surface area contributed by atoms with Crippen molar-refractivity contribution in [1.29, 1.82) is 0 Å². The third kappa shape index (κ3) is 6.04. The Morgan fingerprint density at radius 1 is 1.00 bits per heavy atom. The summed E-state index contributed by atoms with van der Waals surface area (Å²) in [5, 5.41) is 9.16. The molecule has 1 aromatic rings. The van der Waals surface area contributed by atoms with Crippen LogP contribution in [0.15, 0.2) is 34.7 Å². The van der Waals surface area contributed by atoms with Gasteiger partial charge in [-0.2, -0.15) is 0 Å². The fraction of sp³-hybridized carbons (Fsp3) is 0.567. The molecule has 212 valence electrons. The largest absolute Gasteiger partial charge is 0.490 e. The number of aliphatic carboxylic acids is 1. The van der Waals surface area contributed by atoms with Gasteiger partial charge in [0.25, 0.3) is 0 Å². The number of carbonyl (C=O) groups is 3. The molecule has 0 spiro atoms. The monoisotopic (exact) mass is 651 g/mol. The number of allylic oxidation sites excluding steroid dienone is 4. The topological polar surface area (TPSA) is 102 Å². The van der Waals surface area contributed by atoms with Gasteiger partial charge in [-0.3, -0.25) is 9.59 Å². The van der Waals surface area contributed by atoms with Crippen LogP contribution in [0.3, 0.4) is 0 Å². The van der Waals surface area contributed by atoms with Crippen molar-refractivity contribution in [3.05, 3.63) is 43.8 Å². The van der Waals surface area contributed by atoms with Crippen molar-refractivity contribution >= 4 is 40.1 Å². The van der Waals surface area contributed by atoms with Gasteiger partial charge in [-0.25, -0.2) is 4.79 Å². The Morgan fingerprint density at radius 3 is 2.05 bits per heavy atom. The molecule has 1 aliphatic heterocycles. The molecule has 0 atom stereocenters. The number of benzene rings is 1. The Morgan fingerprint density at radius 2 is 1.56 bits per heavy atom. The second-order valence-electron chi connectivity index (χ2n) is 12.1. The zero-order chi connectivity index (χ0) is 28.7. The van der Waals surface area contributed by atoms with Gasteiger partial charge in [-0.1, -0.05) is 27.7 Å². The highest BCUT2D eigenvalue weighted by Crippen LogP contribution is 2.55. The normalized spacial score (nSPS) is 20.6. The minimum atomic E-state index is -1.09. The van der Waals surface area contributed by atoms with Crippen LogP contribution in [0.4, 0.5) is 0 Å². The van der Waals surface area contributed by atoms with Crippen molar-refractivity contribution < 1.29 is 33.7 Å². The van der Waals surface area contributed by atoms with E-state index in [2.05, 4.69) is 55.2 Å². The van der Waals surface area contributed by atoms with Crippen molar-refractivity contribution in [3.8, 4) is 11.5 Å². The van der Waals surface area contributed by atoms with E-state index in [0.29, 0.717) is 58.8 Å². The predicted molar refractivity (Wildman–Crippen MR) is 155 cm³/mol. The Labute approximate surface area is 243 Å². The molecule has 0 amide bonds. The van der Waals surface area contributed by atoms with Gasteiger partial charge in [0.1, 0.15) is 0 Å². The van der Waals surface area contributed by atoms with Gasteiger partial charge in [0.2, 0.25) is 0 Å². The number of halogens is 1. The molecule has 1 N–H and O–H groups in total. The van der Waals surface area contributed by atoms with Gasteiger partial charge in [-0.15, -0.1) is 0 Å². The van der Waals surface area contributed by atoms with E-state index in [1.807, 2.05) is 19.1 Å². The second kappa shape index (κ2) is 11.2. The van der Waals surface area contributed by atoms with E-state index in [9.17, 15) is 14.4 Å². The van der Waals surface area contributed by atoms with E-state index in [4.69, 9.17) is 19.3 Å². The van der Waals surface area contributed by atoms with Crippen LogP contribution in [0, 0.1) is 14.4 Å². The predicted octanol–water partition coefficient (Wildman–Crippen LogP) is 5.49. The smallest absolute Gasteiger partial charge is 0.341 e. The minimum Gasteiger partial charge on any atom is -0.490 e. The summed E-state index contributed by atoms with van der Waals surface area (Å²) in [5.74, 6) is -0.761. The van der Waals surface area contributed by atoms with E-state index < -0.39 is 18.5 Å². The number of nitrogens with zero attached hydrogens (tertiary/aromatic N) is 1. The lowest BCUT2D eigenvalue weighted by Gasteiger charge is -2.49. The van der Waals surface area contributed by atoms with Crippen molar-refractivity contribution in [2.45, 2.75) is 66.2 Å². The van der Waals surface area contributed by atoms with E-state index in [0.717, 1.165) is 29.8 Å². The van der Waals surface area contributed by atoms with Crippen LogP contribution in [-0.4, -0.2) is 61.0 Å². The van der Waals surface area contributed by atoms with Crippen molar-refractivity contribution in [3.63, 3.8) is 0 Å². The zero-order valence-corrected chi connectivity index (χ0v) is 25.8.